The average Bonchev–Trinajstić information content (AvgIpc) is 2.60. The number of rotatable bonds is 5. The molecule has 1 aromatic rings. The van der Waals surface area contributed by atoms with Crippen LogP contribution in [0.4, 0.5) is 0 Å². The molecule has 0 atom stereocenters. The zero-order valence-corrected chi connectivity index (χ0v) is 11.0. The SMILES string of the molecule is C=CS(=O)(=O)NC(=O)c1sc(COC)nc1C. The average molecular weight is 276 g/mol. The molecule has 94 valence electrons. The number of carbonyl (C=O) groups excluding carboxylic acids is 1. The highest BCUT2D eigenvalue weighted by Gasteiger charge is 2.18. The van der Waals surface area contributed by atoms with Crippen LogP contribution in [-0.4, -0.2) is 26.4 Å². The number of amides is 1. The van der Waals surface area contributed by atoms with Gasteiger partial charge in [-0.1, -0.05) is 6.58 Å². The highest BCUT2D eigenvalue weighted by molar-refractivity contribution is 7.92. The van der Waals surface area contributed by atoms with Crippen LogP contribution in [0.15, 0.2) is 12.0 Å². The summed E-state index contributed by atoms with van der Waals surface area (Å²) < 4.78 is 29.0. The Hall–Kier alpha value is -1.25. The Balaban J connectivity index is 2.93. The van der Waals surface area contributed by atoms with Crippen LogP contribution in [0, 0.1) is 6.92 Å². The molecule has 17 heavy (non-hydrogen) atoms. The van der Waals surface area contributed by atoms with E-state index in [2.05, 4.69) is 11.6 Å². The first-order valence-electron chi connectivity index (χ1n) is 4.54. The van der Waals surface area contributed by atoms with E-state index >= 15 is 0 Å². The van der Waals surface area contributed by atoms with Gasteiger partial charge in [0, 0.05) is 12.5 Å². The summed E-state index contributed by atoms with van der Waals surface area (Å²) in [5.74, 6) is -0.706. The van der Waals surface area contributed by atoms with Crippen molar-refractivity contribution in [1.82, 2.24) is 9.71 Å². The predicted molar refractivity (Wildman–Crippen MR) is 64.1 cm³/mol. The number of nitrogens with zero attached hydrogens (tertiary/aromatic N) is 1. The summed E-state index contributed by atoms with van der Waals surface area (Å²) in [6.45, 7) is 5.02. The zero-order valence-electron chi connectivity index (χ0n) is 9.39. The van der Waals surface area contributed by atoms with Gasteiger partial charge < -0.3 is 4.74 Å². The summed E-state index contributed by atoms with van der Waals surface area (Å²) >= 11 is 1.10. The number of nitrogens with one attached hydrogen (secondary N) is 1. The highest BCUT2D eigenvalue weighted by atomic mass is 32.2. The molecular weight excluding hydrogens is 264 g/mol. The largest absolute Gasteiger partial charge is 0.378 e. The van der Waals surface area contributed by atoms with Crippen LogP contribution in [0.2, 0.25) is 0 Å². The van der Waals surface area contributed by atoms with Crippen LogP contribution < -0.4 is 4.72 Å². The Morgan fingerprint density at radius 3 is 2.82 bits per heavy atom. The maximum atomic E-state index is 11.6. The van der Waals surface area contributed by atoms with Crippen molar-refractivity contribution < 1.29 is 17.9 Å². The van der Waals surface area contributed by atoms with Crippen LogP contribution in [-0.2, 0) is 21.4 Å². The normalized spacial score (nSPS) is 11.2. The molecule has 0 aliphatic heterocycles. The maximum absolute atomic E-state index is 11.6. The Morgan fingerprint density at radius 1 is 1.65 bits per heavy atom. The lowest BCUT2D eigenvalue weighted by molar-refractivity contribution is 0.0985. The molecule has 1 amide bonds. The van der Waals surface area contributed by atoms with Gasteiger partial charge in [0.2, 0.25) is 0 Å². The second-order valence-corrected chi connectivity index (χ2v) is 5.81. The van der Waals surface area contributed by atoms with Crippen molar-refractivity contribution in [2.45, 2.75) is 13.5 Å². The lowest BCUT2D eigenvalue weighted by atomic mass is 10.4. The molecule has 0 radical (unpaired) electrons. The van der Waals surface area contributed by atoms with Crippen LogP contribution in [0.3, 0.4) is 0 Å². The summed E-state index contributed by atoms with van der Waals surface area (Å²) in [5, 5.41) is 1.29. The van der Waals surface area contributed by atoms with Crippen LogP contribution in [0.5, 0.6) is 0 Å². The third-order valence-corrected chi connectivity index (χ3v) is 3.81. The third-order valence-electron chi connectivity index (χ3n) is 1.77. The molecule has 6 nitrogen and oxygen atoms in total. The monoisotopic (exact) mass is 276 g/mol. The first-order valence-corrected chi connectivity index (χ1v) is 6.90. The molecule has 1 N–H and O–H groups in total. The number of aromatic nitrogens is 1. The molecule has 1 aromatic heterocycles. The minimum atomic E-state index is -3.77. The van der Waals surface area contributed by atoms with Crippen LogP contribution in [0.25, 0.3) is 0 Å². The molecular formula is C9H12N2O4S2. The van der Waals surface area contributed by atoms with Crippen molar-refractivity contribution in [3.8, 4) is 0 Å². The van der Waals surface area contributed by atoms with Crippen molar-refractivity contribution in [3.05, 3.63) is 27.6 Å². The van der Waals surface area contributed by atoms with E-state index in [0.29, 0.717) is 16.1 Å². The summed E-state index contributed by atoms with van der Waals surface area (Å²) in [6.07, 6.45) is 0. The molecule has 0 aliphatic rings. The molecule has 1 rings (SSSR count). The highest BCUT2D eigenvalue weighted by Crippen LogP contribution is 2.18. The third kappa shape index (κ3) is 3.62. The number of hydrogen-bond acceptors (Lipinski definition) is 6. The fourth-order valence-corrected chi connectivity index (χ4v) is 2.51. The van der Waals surface area contributed by atoms with Crippen molar-refractivity contribution in [2.75, 3.05) is 7.11 Å². The second kappa shape index (κ2) is 5.39. The molecule has 0 saturated carbocycles. The molecule has 8 heteroatoms. The number of hydrogen-bond donors (Lipinski definition) is 1. The van der Waals surface area contributed by atoms with Gasteiger partial charge in [0.15, 0.2) is 0 Å². The first-order chi connectivity index (χ1) is 7.89. The number of aryl methyl sites for hydroxylation is 1. The van der Waals surface area contributed by atoms with E-state index < -0.39 is 15.9 Å². The van der Waals surface area contributed by atoms with E-state index in [1.54, 1.807) is 6.92 Å². The van der Waals surface area contributed by atoms with Gasteiger partial charge in [0.05, 0.1) is 12.3 Å². The molecule has 0 aliphatic carbocycles. The Kier molecular flexibility index (Phi) is 4.38. The summed E-state index contributed by atoms with van der Waals surface area (Å²) in [4.78, 5) is 16.0. The van der Waals surface area contributed by atoms with Crippen LogP contribution in [0.1, 0.15) is 20.4 Å². The van der Waals surface area contributed by atoms with Gasteiger partial charge in [-0.2, -0.15) is 0 Å². The Labute approximate surface area is 103 Å². The van der Waals surface area contributed by atoms with Gasteiger partial charge in [0.1, 0.15) is 9.88 Å². The lowest BCUT2D eigenvalue weighted by Crippen LogP contribution is -2.28. The maximum Gasteiger partial charge on any atom is 0.276 e. The first kappa shape index (κ1) is 13.8. The lowest BCUT2D eigenvalue weighted by Gasteiger charge is -2.00. The van der Waals surface area contributed by atoms with E-state index in [1.165, 1.54) is 7.11 Å². The van der Waals surface area contributed by atoms with Gasteiger partial charge in [-0.05, 0) is 6.92 Å². The number of ether oxygens (including phenoxy) is 1. The number of thiazole rings is 1. The second-order valence-electron chi connectivity index (χ2n) is 3.10. The molecule has 0 saturated heterocycles. The Bertz CT molecular complexity index is 533. The number of sulfonamides is 1. The van der Waals surface area contributed by atoms with Crippen molar-refractivity contribution >= 4 is 27.3 Å². The van der Waals surface area contributed by atoms with Gasteiger partial charge in [-0.15, -0.1) is 11.3 Å². The zero-order chi connectivity index (χ0) is 13.1. The van der Waals surface area contributed by atoms with Gasteiger partial charge in [0.25, 0.3) is 15.9 Å². The summed E-state index contributed by atoms with van der Waals surface area (Å²) in [5.41, 5.74) is 0.471. The fourth-order valence-electron chi connectivity index (χ4n) is 1.07. The summed E-state index contributed by atoms with van der Waals surface area (Å²) in [6, 6.07) is 0. The minimum Gasteiger partial charge on any atom is -0.378 e. The predicted octanol–water partition coefficient (Wildman–Crippen LogP) is 0.801. The standard InChI is InChI=1S/C9H12N2O4S2/c1-4-17(13,14)11-9(12)8-6(2)10-7(16-8)5-15-3/h4H,1,5H2,2-3H3,(H,11,12). The molecule has 0 fully saturated rings. The van der Waals surface area contributed by atoms with E-state index in [-0.39, 0.29) is 11.5 Å². The fraction of sp³-hybridized carbons (Fsp3) is 0.333. The summed E-state index contributed by atoms with van der Waals surface area (Å²) in [7, 11) is -2.26. The smallest absolute Gasteiger partial charge is 0.276 e. The molecule has 0 aromatic carbocycles. The van der Waals surface area contributed by atoms with Crippen molar-refractivity contribution in [3.63, 3.8) is 0 Å². The van der Waals surface area contributed by atoms with Gasteiger partial charge in [-0.25, -0.2) is 18.1 Å². The quantitative estimate of drug-likeness (QED) is 0.859. The van der Waals surface area contributed by atoms with E-state index in [9.17, 15) is 13.2 Å². The topological polar surface area (TPSA) is 85.4 Å². The minimum absolute atomic E-state index is 0.252. The van der Waals surface area contributed by atoms with Crippen molar-refractivity contribution in [2.24, 2.45) is 0 Å². The molecule has 0 unspecified atom stereocenters. The van der Waals surface area contributed by atoms with E-state index in [4.69, 9.17) is 4.74 Å². The van der Waals surface area contributed by atoms with Crippen molar-refractivity contribution in [1.29, 1.82) is 0 Å². The molecule has 0 bridgehead atoms. The van der Waals surface area contributed by atoms with E-state index in [0.717, 1.165) is 11.3 Å². The number of carbonyl (C=O) groups is 1. The van der Waals surface area contributed by atoms with Gasteiger partial charge >= 0.3 is 0 Å². The number of methoxy groups -OCH3 is 1. The van der Waals surface area contributed by atoms with Gasteiger partial charge in [-0.3, -0.25) is 4.79 Å². The molecule has 1 heterocycles. The van der Waals surface area contributed by atoms with E-state index in [1.807, 2.05) is 4.72 Å². The Morgan fingerprint density at radius 2 is 2.29 bits per heavy atom. The molecule has 0 spiro atoms. The van der Waals surface area contributed by atoms with Crippen LogP contribution >= 0.6 is 11.3 Å².